The lowest BCUT2D eigenvalue weighted by Gasteiger charge is -2.07. The lowest BCUT2D eigenvalue weighted by molar-refractivity contribution is -0.147. The van der Waals surface area contributed by atoms with Crippen LogP contribution in [0.5, 0.6) is 0 Å². The Morgan fingerprint density at radius 2 is 2.12 bits per heavy atom. The minimum Gasteiger partial charge on any atom is -0.456 e. The van der Waals surface area contributed by atoms with Crippen molar-refractivity contribution in [2.75, 3.05) is 11.9 Å². The number of esters is 1. The second-order valence-electron chi connectivity index (χ2n) is 5.67. The van der Waals surface area contributed by atoms with E-state index in [1.165, 1.54) is 0 Å². The first-order valence-electron chi connectivity index (χ1n) is 8.09. The van der Waals surface area contributed by atoms with E-state index in [1.807, 2.05) is 47.3 Å². The van der Waals surface area contributed by atoms with E-state index in [9.17, 15) is 9.59 Å². The molecule has 7 heteroatoms. The van der Waals surface area contributed by atoms with Crippen LogP contribution in [0.3, 0.4) is 0 Å². The Bertz CT molecular complexity index is 888. The largest absolute Gasteiger partial charge is 0.456 e. The van der Waals surface area contributed by atoms with Crippen LogP contribution in [0.2, 0.25) is 0 Å². The van der Waals surface area contributed by atoms with E-state index in [1.54, 1.807) is 28.7 Å². The molecule has 2 heterocycles. The van der Waals surface area contributed by atoms with Gasteiger partial charge >= 0.3 is 5.97 Å². The van der Waals surface area contributed by atoms with Gasteiger partial charge in [0, 0.05) is 23.1 Å². The standard InChI is InChI=1S/C19H18N2O3S2/c1-13-20-17(12-26-13)15-3-2-4-16(9-15)21-18(22)10-24-19(23)6-5-14-7-8-25-11-14/h2-4,7-9,11-12H,5-6,10H2,1H3,(H,21,22). The van der Waals surface area contributed by atoms with E-state index in [0.29, 0.717) is 12.1 Å². The number of aromatic nitrogens is 1. The molecule has 0 aliphatic rings. The fraction of sp³-hybridized carbons (Fsp3) is 0.211. The van der Waals surface area contributed by atoms with Gasteiger partial charge in [-0.05, 0) is 47.9 Å². The third kappa shape index (κ3) is 5.24. The van der Waals surface area contributed by atoms with Crippen LogP contribution in [0.4, 0.5) is 5.69 Å². The van der Waals surface area contributed by atoms with Crippen molar-refractivity contribution < 1.29 is 14.3 Å². The van der Waals surface area contributed by atoms with Crippen molar-refractivity contribution in [3.8, 4) is 11.3 Å². The predicted molar refractivity (Wildman–Crippen MR) is 105 cm³/mol. The molecule has 0 saturated carbocycles. The zero-order valence-corrected chi connectivity index (χ0v) is 15.9. The van der Waals surface area contributed by atoms with E-state index in [4.69, 9.17) is 4.74 Å². The van der Waals surface area contributed by atoms with Crippen molar-refractivity contribution in [2.24, 2.45) is 0 Å². The van der Waals surface area contributed by atoms with Gasteiger partial charge < -0.3 is 10.1 Å². The summed E-state index contributed by atoms with van der Waals surface area (Å²) in [6, 6.07) is 9.41. The molecule has 0 bridgehead atoms. The van der Waals surface area contributed by atoms with Crippen LogP contribution in [0.15, 0.2) is 46.5 Å². The molecule has 0 radical (unpaired) electrons. The number of aryl methyl sites for hydroxylation is 2. The topological polar surface area (TPSA) is 68.3 Å². The first kappa shape index (κ1) is 18.3. The van der Waals surface area contributed by atoms with E-state index < -0.39 is 0 Å². The number of thiophene rings is 1. The fourth-order valence-electron chi connectivity index (χ4n) is 2.35. The van der Waals surface area contributed by atoms with Gasteiger partial charge in [0.2, 0.25) is 0 Å². The van der Waals surface area contributed by atoms with Crippen LogP contribution >= 0.6 is 22.7 Å². The number of amides is 1. The Balaban J connectivity index is 1.48. The molecule has 3 rings (SSSR count). The highest BCUT2D eigenvalue weighted by Crippen LogP contribution is 2.24. The van der Waals surface area contributed by atoms with E-state index in [2.05, 4.69) is 10.3 Å². The minimum absolute atomic E-state index is 0.267. The van der Waals surface area contributed by atoms with Crippen molar-refractivity contribution in [3.05, 3.63) is 57.0 Å². The first-order chi connectivity index (χ1) is 12.6. The highest BCUT2D eigenvalue weighted by molar-refractivity contribution is 7.09. The molecule has 0 saturated heterocycles. The molecule has 134 valence electrons. The molecule has 0 fully saturated rings. The molecular weight excluding hydrogens is 368 g/mol. The molecule has 0 atom stereocenters. The normalized spacial score (nSPS) is 10.5. The summed E-state index contributed by atoms with van der Waals surface area (Å²) in [5, 5.41) is 9.68. The molecule has 3 aromatic rings. The zero-order chi connectivity index (χ0) is 18.4. The van der Waals surface area contributed by atoms with Crippen molar-refractivity contribution in [1.82, 2.24) is 4.98 Å². The van der Waals surface area contributed by atoms with Crippen LogP contribution in [-0.4, -0.2) is 23.5 Å². The van der Waals surface area contributed by atoms with Gasteiger partial charge in [0.15, 0.2) is 6.61 Å². The monoisotopic (exact) mass is 386 g/mol. The van der Waals surface area contributed by atoms with Crippen LogP contribution in [0, 0.1) is 6.92 Å². The van der Waals surface area contributed by atoms with Crippen molar-refractivity contribution in [2.45, 2.75) is 19.8 Å². The number of rotatable bonds is 7. The lowest BCUT2D eigenvalue weighted by Crippen LogP contribution is -2.21. The summed E-state index contributed by atoms with van der Waals surface area (Å²) < 4.78 is 5.03. The highest BCUT2D eigenvalue weighted by atomic mass is 32.1. The van der Waals surface area contributed by atoms with Crippen LogP contribution in [-0.2, 0) is 20.7 Å². The number of hydrogen-bond donors (Lipinski definition) is 1. The predicted octanol–water partition coefficient (Wildman–Crippen LogP) is 4.29. The number of benzene rings is 1. The summed E-state index contributed by atoms with van der Waals surface area (Å²) in [5.74, 6) is -0.737. The number of thiazole rings is 1. The molecule has 0 aliphatic heterocycles. The van der Waals surface area contributed by atoms with Gasteiger partial charge in [0.05, 0.1) is 10.7 Å². The molecule has 26 heavy (non-hydrogen) atoms. The summed E-state index contributed by atoms with van der Waals surface area (Å²) in [7, 11) is 0. The Morgan fingerprint density at radius 1 is 1.23 bits per heavy atom. The van der Waals surface area contributed by atoms with Gasteiger partial charge in [-0.25, -0.2) is 4.98 Å². The van der Waals surface area contributed by atoms with Gasteiger partial charge in [0.1, 0.15) is 0 Å². The fourth-order valence-corrected chi connectivity index (χ4v) is 3.67. The Kier molecular flexibility index (Phi) is 6.14. The Hall–Kier alpha value is -2.51. The minimum atomic E-state index is -0.377. The Labute approximate surface area is 159 Å². The maximum absolute atomic E-state index is 12.0. The Morgan fingerprint density at radius 3 is 2.85 bits per heavy atom. The molecular formula is C19H18N2O3S2. The number of anilines is 1. The number of nitrogens with zero attached hydrogens (tertiary/aromatic N) is 1. The van der Waals surface area contributed by atoms with Gasteiger partial charge in [-0.1, -0.05) is 12.1 Å². The molecule has 0 spiro atoms. The lowest BCUT2D eigenvalue weighted by atomic mass is 10.1. The molecule has 5 nitrogen and oxygen atoms in total. The van der Waals surface area contributed by atoms with Gasteiger partial charge in [-0.15, -0.1) is 11.3 Å². The number of nitrogens with one attached hydrogen (secondary N) is 1. The van der Waals surface area contributed by atoms with Crippen LogP contribution < -0.4 is 5.32 Å². The SMILES string of the molecule is Cc1nc(-c2cccc(NC(=O)COC(=O)CCc3ccsc3)c2)cs1. The van der Waals surface area contributed by atoms with Gasteiger partial charge in [-0.2, -0.15) is 11.3 Å². The first-order valence-corrected chi connectivity index (χ1v) is 9.91. The van der Waals surface area contributed by atoms with Crippen LogP contribution in [0.1, 0.15) is 17.0 Å². The third-order valence-electron chi connectivity index (χ3n) is 3.62. The average molecular weight is 386 g/mol. The van der Waals surface area contributed by atoms with Gasteiger partial charge in [0.25, 0.3) is 5.91 Å². The maximum atomic E-state index is 12.0. The molecule has 1 aromatic carbocycles. The summed E-state index contributed by atoms with van der Waals surface area (Å²) >= 11 is 3.17. The summed E-state index contributed by atoms with van der Waals surface area (Å²) in [6.45, 7) is 1.66. The molecule has 0 unspecified atom stereocenters. The summed E-state index contributed by atoms with van der Waals surface area (Å²) in [6.07, 6.45) is 0.891. The molecule has 0 aliphatic carbocycles. The van der Waals surface area contributed by atoms with Crippen LogP contribution in [0.25, 0.3) is 11.3 Å². The number of carbonyl (C=O) groups is 2. The summed E-state index contributed by atoms with van der Waals surface area (Å²) in [5.41, 5.74) is 3.56. The molecule has 1 N–H and O–H groups in total. The summed E-state index contributed by atoms with van der Waals surface area (Å²) in [4.78, 5) is 28.2. The molecule has 1 amide bonds. The molecule has 2 aromatic heterocycles. The number of ether oxygens (including phenoxy) is 1. The average Bonchev–Trinajstić information content (AvgIpc) is 3.30. The second-order valence-corrected chi connectivity index (χ2v) is 7.52. The van der Waals surface area contributed by atoms with Gasteiger partial charge in [-0.3, -0.25) is 9.59 Å². The van der Waals surface area contributed by atoms with E-state index in [-0.39, 0.29) is 24.9 Å². The number of carbonyl (C=O) groups excluding carboxylic acids is 2. The maximum Gasteiger partial charge on any atom is 0.306 e. The van der Waals surface area contributed by atoms with Crippen molar-refractivity contribution >= 4 is 40.2 Å². The number of hydrogen-bond acceptors (Lipinski definition) is 6. The van der Waals surface area contributed by atoms with Crippen molar-refractivity contribution in [1.29, 1.82) is 0 Å². The third-order valence-corrected chi connectivity index (χ3v) is 5.13. The smallest absolute Gasteiger partial charge is 0.306 e. The van der Waals surface area contributed by atoms with E-state index in [0.717, 1.165) is 21.8 Å². The zero-order valence-electron chi connectivity index (χ0n) is 14.2. The van der Waals surface area contributed by atoms with E-state index >= 15 is 0 Å². The quantitative estimate of drug-likeness (QED) is 0.615. The second kappa shape index (κ2) is 8.73. The highest BCUT2D eigenvalue weighted by Gasteiger charge is 2.09. The van der Waals surface area contributed by atoms with Crippen molar-refractivity contribution in [3.63, 3.8) is 0 Å².